The summed E-state index contributed by atoms with van der Waals surface area (Å²) >= 11 is 5.23. The van der Waals surface area contributed by atoms with Gasteiger partial charge in [0.2, 0.25) is 0 Å². The van der Waals surface area contributed by atoms with Crippen molar-refractivity contribution in [2.75, 3.05) is 0 Å². The summed E-state index contributed by atoms with van der Waals surface area (Å²) < 4.78 is 15.4. The second kappa shape index (κ2) is 4.22. The van der Waals surface area contributed by atoms with Crippen LogP contribution in [0.25, 0.3) is 11.3 Å². The van der Waals surface area contributed by atoms with Crippen LogP contribution in [0.2, 0.25) is 0 Å². The zero-order chi connectivity index (χ0) is 11.7. The zero-order valence-corrected chi connectivity index (χ0v) is 10.0. The zero-order valence-electron chi connectivity index (χ0n) is 9.20. The van der Waals surface area contributed by atoms with Crippen LogP contribution >= 0.6 is 12.2 Å². The molecular formula is C12H13FN2S. The highest BCUT2D eigenvalue weighted by molar-refractivity contribution is 7.71. The normalized spacial score (nSPS) is 11.0. The van der Waals surface area contributed by atoms with Crippen LogP contribution in [0.1, 0.15) is 19.9 Å². The lowest BCUT2D eigenvalue weighted by Gasteiger charge is -2.06. The van der Waals surface area contributed by atoms with E-state index in [-0.39, 0.29) is 5.82 Å². The number of halogens is 1. The molecular weight excluding hydrogens is 223 g/mol. The van der Waals surface area contributed by atoms with Gasteiger partial charge in [-0.05, 0) is 49.7 Å². The molecule has 0 amide bonds. The largest absolute Gasteiger partial charge is 0.297 e. The van der Waals surface area contributed by atoms with Gasteiger partial charge in [0.05, 0.1) is 5.69 Å². The van der Waals surface area contributed by atoms with E-state index in [4.69, 9.17) is 12.2 Å². The average Bonchev–Trinajstić information content (AvgIpc) is 2.61. The Labute approximate surface area is 98.7 Å². The topological polar surface area (TPSA) is 20.7 Å². The Hall–Kier alpha value is -1.42. The summed E-state index contributed by atoms with van der Waals surface area (Å²) in [5.74, 6) is -0.231. The van der Waals surface area contributed by atoms with Crippen molar-refractivity contribution < 1.29 is 4.39 Å². The van der Waals surface area contributed by atoms with Crippen LogP contribution in [-0.4, -0.2) is 9.78 Å². The first-order valence-electron chi connectivity index (χ1n) is 5.15. The second-order valence-corrected chi connectivity index (χ2v) is 4.40. The van der Waals surface area contributed by atoms with E-state index >= 15 is 0 Å². The molecule has 2 rings (SSSR count). The number of benzene rings is 1. The molecule has 0 saturated carbocycles. The van der Waals surface area contributed by atoms with E-state index < -0.39 is 0 Å². The molecule has 1 N–H and O–H groups in total. The van der Waals surface area contributed by atoms with Gasteiger partial charge in [-0.3, -0.25) is 9.78 Å². The van der Waals surface area contributed by atoms with Crippen LogP contribution in [0.15, 0.2) is 30.3 Å². The highest BCUT2D eigenvalue weighted by atomic mass is 32.1. The maximum Gasteiger partial charge on any atom is 0.123 e. The lowest BCUT2D eigenvalue weighted by atomic mass is 10.1. The summed E-state index contributed by atoms with van der Waals surface area (Å²) in [5, 5.41) is 3.21. The predicted molar refractivity (Wildman–Crippen MR) is 65.4 cm³/mol. The summed E-state index contributed by atoms with van der Waals surface area (Å²) in [6.07, 6.45) is 0. The van der Waals surface area contributed by atoms with Gasteiger partial charge in [-0.1, -0.05) is 12.2 Å². The minimum atomic E-state index is -0.231. The molecule has 2 nitrogen and oxygen atoms in total. The van der Waals surface area contributed by atoms with E-state index in [1.807, 2.05) is 10.7 Å². The monoisotopic (exact) mass is 236 g/mol. The molecule has 16 heavy (non-hydrogen) atoms. The minimum Gasteiger partial charge on any atom is -0.297 e. The van der Waals surface area contributed by atoms with Gasteiger partial charge < -0.3 is 0 Å². The Morgan fingerprint density at radius 3 is 2.38 bits per heavy atom. The van der Waals surface area contributed by atoms with E-state index in [9.17, 15) is 4.39 Å². The number of nitrogens with one attached hydrogen (secondary N) is 1. The van der Waals surface area contributed by atoms with Crippen molar-refractivity contribution >= 4 is 12.2 Å². The molecule has 0 bridgehead atoms. The second-order valence-electron chi connectivity index (χ2n) is 3.98. The van der Waals surface area contributed by atoms with Gasteiger partial charge in [0.25, 0.3) is 0 Å². The summed E-state index contributed by atoms with van der Waals surface area (Å²) in [5.41, 5.74) is 1.85. The Bertz CT molecular complexity index is 537. The number of rotatable bonds is 2. The van der Waals surface area contributed by atoms with Crippen LogP contribution in [0.4, 0.5) is 4.39 Å². The highest BCUT2D eigenvalue weighted by Gasteiger charge is 2.05. The third-order valence-corrected chi connectivity index (χ3v) is 2.73. The van der Waals surface area contributed by atoms with Crippen LogP contribution in [0.5, 0.6) is 0 Å². The van der Waals surface area contributed by atoms with Crippen molar-refractivity contribution in [2.45, 2.75) is 19.9 Å². The van der Waals surface area contributed by atoms with E-state index in [0.717, 1.165) is 15.9 Å². The average molecular weight is 236 g/mol. The molecule has 0 atom stereocenters. The van der Waals surface area contributed by atoms with E-state index in [0.29, 0.717) is 6.04 Å². The first-order valence-corrected chi connectivity index (χ1v) is 5.56. The van der Waals surface area contributed by atoms with Gasteiger partial charge in [0.15, 0.2) is 0 Å². The first kappa shape index (κ1) is 11.1. The third kappa shape index (κ3) is 2.07. The lowest BCUT2D eigenvalue weighted by Crippen LogP contribution is -2.02. The van der Waals surface area contributed by atoms with Crippen molar-refractivity contribution in [3.05, 3.63) is 40.8 Å². The number of H-pyrrole nitrogens is 1. The fraction of sp³-hybridized carbons (Fsp3) is 0.250. The van der Waals surface area contributed by atoms with Crippen molar-refractivity contribution in [1.82, 2.24) is 9.78 Å². The van der Waals surface area contributed by atoms with E-state index in [2.05, 4.69) is 18.9 Å². The van der Waals surface area contributed by atoms with Crippen molar-refractivity contribution in [3.63, 3.8) is 0 Å². The maximum atomic E-state index is 12.8. The molecule has 1 aromatic carbocycles. The molecule has 0 saturated heterocycles. The third-order valence-electron chi connectivity index (χ3n) is 2.42. The fourth-order valence-electron chi connectivity index (χ4n) is 1.57. The molecule has 0 unspecified atom stereocenters. The highest BCUT2D eigenvalue weighted by Crippen LogP contribution is 2.19. The molecule has 0 aliphatic rings. The Balaban J connectivity index is 2.45. The van der Waals surface area contributed by atoms with Gasteiger partial charge in [0, 0.05) is 6.04 Å². The minimum absolute atomic E-state index is 0.231. The van der Waals surface area contributed by atoms with Crippen LogP contribution in [0.3, 0.4) is 0 Å². The molecule has 4 heteroatoms. The lowest BCUT2D eigenvalue weighted by molar-refractivity contribution is 0.528. The molecule has 0 aliphatic heterocycles. The molecule has 84 valence electrons. The smallest absolute Gasteiger partial charge is 0.123 e. The summed E-state index contributed by atoms with van der Waals surface area (Å²) in [4.78, 5) is 0. The van der Waals surface area contributed by atoms with E-state index in [1.165, 1.54) is 12.1 Å². The Kier molecular flexibility index (Phi) is 2.92. The molecule has 0 spiro atoms. The van der Waals surface area contributed by atoms with Crippen molar-refractivity contribution in [3.8, 4) is 11.3 Å². The molecule has 1 aromatic heterocycles. The number of hydrogen-bond donors (Lipinski definition) is 1. The molecule has 2 aromatic rings. The predicted octanol–water partition coefficient (Wildman–Crippen LogP) is 3.93. The quantitative estimate of drug-likeness (QED) is 0.783. The van der Waals surface area contributed by atoms with Gasteiger partial charge in [-0.2, -0.15) is 0 Å². The van der Waals surface area contributed by atoms with Crippen LogP contribution < -0.4 is 0 Å². The summed E-state index contributed by atoms with van der Waals surface area (Å²) in [6, 6.07) is 8.54. The standard InChI is InChI=1S/C12H13FN2S/c1-8(2)15-12(16)7-11(14-15)9-3-5-10(13)6-4-9/h3-8,14H,1-2H3. The maximum absolute atomic E-state index is 12.8. The Morgan fingerprint density at radius 2 is 1.88 bits per heavy atom. The SMILES string of the molecule is CC(C)n1[nH]c(-c2ccc(F)cc2)cc1=S. The number of hydrogen-bond acceptors (Lipinski definition) is 1. The van der Waals surface area contributed by atoms with Gasteiger partial charge >= 0.3 is 0 Å². The van der Waals surface area contributed by atoms with Crippen molar-refractivity contribution in [2.24, 2.45) is 0 Å². The summed E-state index contributed by atoms with van der Waals surface area (Å²) in [7, 11) is 0. The molecule has 0 aliphatic carbocycles. The molecule has 0 radical (unpaired) electrons. The fourth-order valence-corrected chi connectivity index (χ4v) is 1.95. The van der Waals surface area contributed by atoms with Gasteiger partial charge in [0.1, 0.15) is 10.5 Å². The first-order chi connectivity index (χ1) is 7.58. The van der Waals surface area contributed by atoms with E-state index in [1.54, 1.807) is 12.1 Å². The number of aromatic amines is 1. The number of nitrogens with zero attached hydrogens (tertiary/aromatic N) is 1. The van der Waals surface area contributed by atoms with Gasteiger partial charge in [-0.25, -0.2) is 4.39 Å². The van der Waals surface area contributed by atoms with Crippen LogP contribution in [0, 0.1) is 10.5 Å². The number of aromatic nitrogens is 2. The Morgan fingerprint density at radius 1 is 1.25 bits per heavy atom. The molecule has 0 fully saturated rings. The molecule has 1 heterocycles. The summed E-state index contributed by atoms with van der Waals surface area (Å²) in [6.45, 7) is 4.11. The van der Waals surface area contributed by atoms with Gasteiger partial charge in [-0.15, -0.1) is 0 Å². The van der Waals surface area contributed by atoms with Crippen molar-refractivity contribution in [1.29, 1.82) is 0 Å². The van der Waals surface area contributed by atoms with Crippen LogP contribution in [-0.2, 0) is 0 Å².